The molecule has 1 atom stereocenters. The lowest BCUT2D eigenvalue weighted by Crippen LogP contribution is -2.42. The molecule has 0 aromatic heterocycles. The van der Waals surface area contributed by atoms with Crippen molar-refractivity contribution in [3.8, 4) is 5.75 Å². The van der Waals surface area contributed by atoms with Gasteiger partial charge in [-0.1, -0.05) is 36.4 Å². The van der Waals surface area contributed by atoms with Crippen LogP contribution in [0, 0.1) is 12.8 Å². The van der Waals surface area contributed by atoms with Crippen molar-refractivity contribution in [2.75, 3.05) is 13.1 Å². The zero-order chi connectivity index (χ0) is 19.2. The first kappa shape index (κ1) is 19.0. The van der Waals surface area contributed by atoms with Crippen LogP contribution in [0.2, 0.25) is 0 Å². The van der Waals surface area contributed by atoms with Crippen molar-refractivity contribution in [1.29, 1.82) is 0 Å². The fraction of sp³-hybridized carbons (Fsp3) is 0.364. The molecule has 0 bridgehead atoms. The number of piperidine rings is 1. The molecule has 1 amide bonds. The van der Waals surface area contributed by atoms with Crippen molar-refractivity contribution in [2.24, 2.45) is 5.92 Å². The second kappa shape index (κ2) is 8.71. The van der Waals surface area contributed by atoms with Crippen molar-refractivity contribution < 1.29 is 19.4 Å². The third kappa shape index (κ3) is 5.09. The van der Waals surface area contributed by atoms with Gasteiger partial charge in [0.25, 0.3) is 0 Å². The first-order chi connectivity index (χ1) is 13.0. The van der Waals surface area contributed by atoms with Crippen molar-refractivity contribution in [3.63, 3.8) is 0 Å². The summed E-state index contributed by atoms with van der Waals surface area (Å²) in [4.78, 5) is 25.4. The van der Waals surface area contributed by atoms with Crippen LogP contribution < -0.4 is 4.74 Å². The molecule has 1 unspecified atom stereocenters. The van der Waals surface area contributed by atoms with Crippen LogP contribution in [0.5, 0.6) is 5.75 Å². The fourth-order valence-electron chi connectivity index (χ4n) is 3.37. The highest BCUT2D eigenvalue weighted by Gasteiger charge is 2.27. The summed E-state index contributed by atoms with van der Waals surface area (Å²) < 4.78 is 5.89. The van der Waals surface area contributed by atoms with Crippen LogP contribution in [0.3, 0.4) is 0 Å². The summed E-state index contributed by atoms with van der Waals surface area (Å²) in [5.41, 5.74) is 3.19. The summed E-state index contributed by atoms with van der Waals surface area (Å²) in [6.45, 7) is 3.47. The Morgan fingerprint density at radius 3 is 2.78 bits per heavy atom. The van der Waals surface area contributed by atoms with E-state index in [1.807, 2.05) is 42.5 Å². The molecule has 3 rings (SSSR count). The van der Waals surface area contributed by atoms with E-state index < -0.39 is 11.9 Å². The van der Waals surface area contributed by atoms with Crippen LogP contribution in [-0.4, -0.2) is 35.0 Å². The number of amides is 1. The average Bonchev–Trinajstić information content (AvgIpc) is 2.68. The molecule has 27 heavy (non-hydrogen) atoms. The van der Waals surface area contributed by atoms with Gasteiger partial charge in [-0.2, -0.15) is 0 Å². The number of hydrogen-bond acceptors (Lipinski definition) is 3. The average molecular weight is 367 g/mol. The zero-order valence-electron chi connectivity index (χ0n) is 15.6. The molecule has 1 aliphatic rings. The number of carbonyl (C=O) groups is 2. The minimum Gasteiger partial charge on any atom is -0.489 e. The van der Waals surface area contributed by atoms with Gasteiger partial charge in [-0.15, -0.1) is 0 Å². The van der Waals surface area contributed by atoms with Crippen molar-refractivity contribution in [1.82, 2.24) is 4.90 Å². The van der Waals surface area contributed by atoms with E-state index in [1.54, 1.807) is 4.90 Å². The van der Waals surface area contributed by atoms with Crippen LogP contribution >= 0.6 is 0 Å². The zero-order valence-corrected chi connectivity index (χ0v) is 15.6. The summed E-state index contributed by atoms with van der Waals surface area (Å²) in [6, 6.07) is 15.6. The van der Waals surface area contributed by atoms with Gasteiger partial charge in [0.2, 0.25) is 5.91 Å². The van der Waals surface area contributed by atoms with Gasteiger partial charge in [-0.05, 0) is 48.6 Å². The lowest BCUT2D eigenvalue weighted by Gasteiger charge is -2.30. The highest BCUT2D eigenvalue weighted by molar-refractivity contribution is 5.80. The third-order valence-electron chi connectivity index (χ3n) is 5.03. The molecule has 0 saturated carbocycles. The van der Waals surface area contributed by atoms with Crippen LogP contribution in [-0.2, 0) is 22.6 Å². The van der Waals surface area contributed by atoms with Gasteiger partial charge in [0, 0.05) is 13.1 Å². The predicted octanol–water partition coefficient (Wildman–Crippen LogP) is 3.44. The molecule has 5 nitrogen and oxygen atoms in total. The van der Waals surface area contributed by atoms with E-state index in [9.17, 15) is 14.7 Å². The summed E-state index contributed by atoms with van der Waals surface area (Å²) in [5.74, 6) is -0.576. The molecule has 1 heterocycles. The summed E-state index contributed by atoms with van der Waals surface area (Å²) in [6.07, 6.45) is 1.64. The van der Waals surface area contributed by atoms with E-state index >= 15 is 0 Å². The Labute approximate surface area is 159 Å². The van der Waals surface area contributed by atoms with Gasteiger partial charge >= 0.3 is 5.97 Å². The Morgan fingerprint density at radius 1 is 1.19 bits per heavy atom. The smallest absolute Gasteiger partial charge is 0.308 e. The maximum Gasteiger partial charge on any atom is 0.308 e. The Bertz CT molecular complexity index is 817. The number of ether oxygens (including phenoxy) is 1. The number of aliphatic carboxylic acids is 1. The Hall–Kier alpha value is -2.82. The molecule has 142 valence electrons. The standard InChI is InChI=1S/C22H25NO4/c1-16-6-2-3-8-19(16)15-27-20-10-4-7-17(12-20)13-21(24)23-11-5-9-18(14-23)22(25)26/h2-4,6-8,10,12,18H,5,9,11,13-15H2,1H3,(H,25,26). The molecule has 2 aromatic carbocycles. The minimum atomic E-state index is -0.820. The Balaban J connectivity index is 1.59. The van der Waals surface area contributed by atoms with Gasteiger partial charge in [0.15, 0.2) is 0 Å². The number of carboxylic acid groups (broad SMARTS) is 1. The molecule has 0 spiro atoms. The molecule has 1 saturated heterocycles. The quantitative estimate of drug-likeness (QED) is 0.849. The van der Waals surface area contributed by atoms with E-state index in [2.05, 4.69) is 13.0 Å². The Morgan fingerprint density at radius 2 is 2.00 bits per heavy atom. The van der Waals surface area contributed by atoms with E-state index in [4.69, 9.17) is 4.74 Å². The number of aryl methyl sites for hydroxylation is 1. The number of benzene rings is 2. The molecule has 0 aliphatic carbocycles. The minimum absolute atomic E-state index is 0.0306. The third-order valence-corrected chi connectivity index (χ3v) is 5.03. The van der Waals surface area contributed by atoms with E-state index in [0.717, 1.165) is 23.3 Å². The molecule has 1 fully saturated rings. The maximum atomic E-state index is 12.6. The molecule has 1 N–H and O–H groups in total. The van der Waals surface area contributed by atoms with Crippen molar-refractivity contribution >= 4 is 11.9 Å². The van der Waals surface area contributed by atoms with E-state index in [-0.39, 0.29) is 12.3 Å². The SMILES string of the molecule is Cc1ccccc1COc1cccc(CC(=O)N2CCCC(C(=O)O)C2)c1. The van der Waals surface area contributed by atoms with Gasteiger partial charge in [-0.3, -0.25) is 9.59 Å². The van der Waals surface area contributed by atoms with Crippen molar-refractivity contribution in [3.05, 3.63) is 65.2 Å². The summed E-state index contributed by atoms with van der Waals surface area (Å²) in [7, 11) is 0. The Kier molecular flexibility index (Phi) is 6.12. The summed E-state index contributed by atoms with van der Waals surface area (Å²) in [5, 5.41) is 9.18. The van der Waals surface area contributed by atoms with Crippen LogP contribution in [0.25, 0.3) is 0 Å². The van der Waals surface area contributed by atoms with Gasteiger partial charge < -0.3 is 14.7 Å². The van der Waals surface area contributed by atoms with Gasteiger partial charge in [-0.25, -0.2) is 0 Å². The molecule has 5 heteroatoms. The molecule has 2 aromatic rings. The highest BCUT2D eigenvalue weighted by Crippen LogP contribution is 2.20. The lowest BCUT2D eigenvalue weighted by atomic mass is 9.97. The first-order valence-electron chi connectivity index (χ1n) is 9.30. The highest BCUT2D eigenvalue weighted by atomic mass is 16.5. The number of likely N-dealkylation sites (tertiary alicyclic amines) is 1. The fourth-order valence-corrected chi connectivity index (χ4v) is 3.37. The van der Waals surface area contributed by atoms with Crippen LogP contribution in [0.15, 0.2) is 48.5 Å². The molecular formula is C22H25NO4. The first-order valence-corrected chi connectivity index (χ1v) is 9.30. The maximum absolute atomic E-state index is 12.6. The van der Waals surface area contributed by atoms with Crippen LogP contribution in [0.4, 0.5) is 0 Å². The number of carbonyl (C=O) groups excluding carboxylic acids is 1. The lowest BCUT2D eigenvalue weighted by molar-refractivity contribution is -0.145. The number of carboxylic acids is 1. The largest absolute Gasteiger partial charge is 0.489 e. The molecule has 0 radical (unpaired) electrons. The second-order valence-corrected chi connectivity index (χ2v) is 7.06. The van der Waals surface area contributed by atoms with Gasteiger partial charge in [0.05, 0.1) is 12.3 Å². The normalized spacial score (nSPS) is 16.8. The number of rotatable bonds is 6. The molecule has 1 aliphatic heterocycles. The number of hydrogen-bond donors (Lipinski definition) is 1. The topological polar surface area (TPSA) is 66.8 Å². The van der Waals surface area contributed by atoms with Crippen molar-refractivity contribution in [2.45, 2.75) is 32.8 Å². The van der Waals surface area contributed by atoms with E-state index in [1.165, 1.54) is 5.56 Å². The monoisotopic (exact) mass is 367 g/mol. The summed E-state index contributed by atoms with van der Waals surface area (Å²) >= 11 is 0. The number of nitrogens with zero attached hydrogens (tertiary/aromatic N) is 1. The van der Waals surface area contributed by atoms with E-state index in [0.29, 0.717) is 26.1 Å². The molecular weight excluding hydrogens is 342 g/mol. The second-order valence-electron chi connectivity index (χ2n) is 7.06. The van der Waals surface area contributed by atoms with Crippen LogP contribution in [0.1, 0.15) is 29.5 Å². The predicted molar refractivity (Wildman–Crippen MR) is 103 cm³/mol. The van der Waals surface area contributed by atoms with Gasteiger partial charge in [0.1, 0.15) is 12.4 Å².